The zero-order chi connectivity index (χ0) is 13.9. The Balaban J connectivity index is 2.12. The van der Waals surface area contributed by atoms with Crippen molar-refractivity contribution in [1.82, 2.24) is 0 Å². The molecule has 0 spiro atoms. The van der Waals surface area contributed by atoms with E-state index in [0.717, 1.165) is 18.3 Å². The molecule has 0 N–H and O–H groups in total. The van der Waals surface area contributed by atoms with Crippen molar-refractivity contribution < 1.29 is 4.39 Å². The van der Waals surface area contributed by atoms with Crippen LogP contribution in [0.1, 0.15) is 0 Å². The Kier molecular flexibility index (Phi) is 3.82. The molecule has 0 radical (unpaired) electrons. The summed E-state index contributed by atoms with van der Waals surface area (Å²) in [7, 11) is 0. The van der Waals surface area contributed by atoms with Crippen LogP contribution in [0.4, 0.5) is 4.39 Å². The molecule has 0 aliphatic rings. The zero-order valence-electron chi connectivity index (χ0n) is 10.5. The monoisotopic (exact) mass is 380 g/mol. The summed E-state index contributed by atoms with van der Waals surface area (Å²) in [5.41, 5.74) is 2.07. The fourth-order valence-electron chi connectivity index (χ4n) is 1.98. The summed E-state index contributed by atoms with van der Waals surface area (Å²) in [5.74, 6) is -0.254. The van der Waals surface area contributed by atoms with Gasteiger partial charge in [0.05, 0.1) is 0 Å². The molecule has 3 rings (SSSR count). The molecule has 2 aromatic carbocycles. The van der Waals surface area contributed by atoms with E-state index in [2.05, 4.69) is 0 Å². The van der Waals surface area contributed by atoms with Crippen molar-refractivity contribution in [1.29, 1.82) is 0 Å². The molecule has 0 aliphatic carbocycles. The van der Waals surface area contributed by atoms with Gasteiger partial charge in [-0.25, -0.2) is 0 Å². The average Bonchev–Trinajstić information content (AvgIpc) is 2.48. The molecule has 3 aromatic rings. The molecule has 3 heteroatoms. The zero-order valence-corrected chi connectivity index (χ0v) is 12.9. The van der Waals surface area contributed by atoms with Gasteiger partial charge in [0.1, 0.15) is 0 Å². The standard InChI is InChI=1S/C17H11FOTe/c18-14-8-6-13(7-9-14)17-11-15(19)10-16(20-17)12-4-2-1-3-5-12/h1-11H. The third kappa shape index (κ3) is 2.90. The predicted octanol–water partition coefficient (Wildman–Crippen LogP) is 3.58. The summed E-state index contributed by atoms with van der Waals surface area (Å²) in [6.07, 6.45) is 0. The van der Waals surface area contributed by atoms with Gasteiger partial charge in [-0.15, -0.1) is 0 Å². The van der Waals surface area contributed by atoms with Crippen molar-refractivity contribution in [2.45, 2.75) is 0 Å². The van der Waals surface area contributed by atoms with Gasteiger partial charge in [-0.05, 0) is 0 Å². The van der Waals surface area contributed by atoms with Crippen molar-refractivity contribution in [2.75, 3.05) is 0 Å². The van der Waals surface area contributed by atoms with E-state index in [4.69, 9.17) is 0 Å². The van der Waals surface area contributed by atoms with E-state index in [0.29, 0.717) is 0 Å². The van der Waals surface area contributed by atoms with Gasteiger partial charge in [0, 0.05) is 0 Å². The Bertz CT molecular complexity index is 776. The molecule has 0 amide bonds. The Hall–Kier alpha value is -1.69. The summed E-state index contributed by atoms with van der Waals surface area (Å²) < 4.78 is 15.2. The first kappa shape index (κ1) is 13.3. The van der Waals surface area contributed by atoms with Gasteiger partial charge < -0.3 is 0 Å². The van der Waals surface area contributed by atoms with Crippen LogP contribution in [0.25, 0.3) is 18.3 Å². The second-order valence-electron chi connectivity index (χ2n) is 4.39. The van der Waals surface area contributed by atoms with Crippen molar-refractivity contribution in [3.63, 3.8) is 0 Å². The van der Waals surface area contributed by atoms with Crippen LogP contribution >= 0.6 is 0 Å². The summed E-state index contributed by atoms with van der Waals surface area (Å²) >= 11 is -0.635. The van der Waals surface area contributed by atoms with Gasteiger partial charge in [0.25, 0.3) is 0 Å². The summed E-state index contributed by atoms with van der Waals surface area (Å²) in [6.45, 7) is 0. The third-order valence-electron chi connectivity index (χ3n) is 2.95. The van der Waals surface area contributed by atoms with Crippen LogP contribution < -0.4 is 5.43 Å². The van der Waals surface area contributed by atoms with Crippen molar-refractivity contribution >= 4 is 20.4 Å². The number of hydrogen-bond acceptors (Lipinski definition) is 1. The van der Waals surface area contributed by atoms with E-state index in [9.17, 15) is 9.18 Å². The average molecular weight is 378 g/mol. The first-order chi connectivity index (χ1) is 9.72. The second kappa shape index (κ2) is 5.75. The Morgan fingerprint density at radius 3 is 1.90 bits per heavy atom. The molecule has 20 heavy (non-hydrogen) atoms. The first-order valence-corrected chi connectivity index (χ1v) is 8.52. The van der Waals surface area contributed by atoms with Crippen LogP contribution in [-0.2, 0) is 0 Å². The molecule has 1 heterocycles. The van der Waals surface area contributed by atoms with E-state index in [1.54, 1.807) is 24.3 Å². The molecule has 1 nitrogen and oxygen atoms in total. The van der Waals surface area contributed by atoms with Crippen molar-refractivity contribution in [2.24, 2.45) is 0 Å². The Morgan fingerprint density at radius 1 is 0.750 bits per heavy atom. The van der Waals surface area contributed by atoms with E-state index in [1.807, 2.05) is 30.3 Å². The van der Waals surface area contributed by atoms with Gasteiger partial charge in [0.2, 0.25) is 0 Å². The Labute approximate surface area is 126 Å². The molecule has 0 saturated carbocycles. The van der Waals surface area contributed by atoms with Gasteiger partial charge >= 0.3 is 126 Å². The van der Waals surface area contributed by atoms with Crippen LogP contribution in [-0.4, -0.2) is 20.4 Å². The van der Waals surface area contributed by atoms with Crippen LogP contribution in [0.5, 0.6) is 0 Å². The quantitative estimate of drug-likeness (QED) is 0.624. The maximum atomic E-state index is 13.0. The van der Waals surface area contributed by atoms with Crippen LogP contribution in [0, 0.1) is 5.82 Å². The number of rotatable bonds is 2. The molecule has 0 bridgehead atoms. The minimum absolute atomic E-state index is 0.0135. The van der Waals surface area contributed by atoms with E-state index >= 15 is 0 Å². The van der Waals surface area contributed by atoms with Crippen molar-refractivity contribution in [3.8, 4) is 18.3 Å². The summed E-state index contributed by atoms with van der Waals surface area (Å²) in [6, 6.07) is 19.7. The molecule has 1 aromatic heterocycles. The molecular formula is C17H11FOTe. The first-order valence-electron chi connectivity index (χ1n) is 6.19. The predicted molar refractivity (Wildman–Crippen MR) is 80.5 cm³/mol. The van der Waals surface area contributed by atoms with Crippen LogP contribution in [0.2, 0.25) is 0 Å². The molecule has 98 valence electrons. The third-order valence-corrected chi connectivity index (χ3v) is 6.23. The fraction of sp³-hybridized carbons (Fsp3) is 0. The molecule has 0 aliphatic heterocycles. The number of hydrogen-bond donors (Lipinski definition) is 0. The summed E-state index contributed by atoms with van der Waals surface area (Å²) in [4.78, 5) is 11.9. The molecule has 0 unspecified atom stereocenters. The van der Waals surface area contributed by atoms with Crippen LogP contribution in [0.3, 0.4) is 0 Å². The molecule has 0 fully saturated rings. The maximum absolute atomic E-state index is 13.0. The second-order valence-corrected chi connectivity index (χ2v) is 7.49. The number of halogens is 1. The normalized spacial score (nSPS) is 10.4. The van der Waals surface area contributed by atoms with Gasteiger partial charge in [0.15, 0.2) is 0 Å². The minimum atomic E-state index is -0.635. The van der Waals surface area contributed by atoms with Gasteiger partial charge in [-0.2, -0.15) is 0 Å². The molecule has 0 saturated heterocycles. The Morgan fingerprint density at radius 2 is 1.30 bits per heavy atom. The summed E-state index contributed by atoms with van der Waals surface area (Å²) in [5, 5.41) is 0. The van der Waals surface area contributed by atoms with Crippen LogP contribution in [0.15, 0.2) is 71.5 Å². The fourth-order valence-corrected chi connectivity index (χ4v) is 5.10. The number of benzene rings is 2. The topological polar surface area (TPSA) is 17.1 Å². The SMILES string of the molecule is O=c1cc(-c2ccccc2)[te]c(-c2ccc(F)cc2)c1. The van der Waals surface area contributed by atoms with E-state index in [-0.39, 0.29) is 11.2 Å². The van der Waals surface area contributed by atoms with E-state index < -0.39 is 20.4 Å². The van der Waals surface area contributed by atoms with E-state index in [1.165, 1.54) is 12.1 Å². The van der Waals surface area contributed by atoms with Gasteiger partial charge in [-0.3, -0.25) is 0 Å². The molecule has 0 atom stereocenters. The van der Waals surface area contributed by atoms with Gasteiger partial charge in [-0.1, -0.05) is 0 Å². The van der Waals surface area contributed by atoms with Crippen molar-refractivity contribution in [3.05, 3.63) is 82.8 Å². The molecular weight excluding hydrogens is 367 g/mol.